The number of methoxy groups -OCH3 is 2. The number of halogens is 3. The molecule has 178 valence electrons. The lowest BCUT2D eigenvalue weighted by Gasteiger charge is -2.16. The van der Waals surface area contributed by atoms with Crippen molar-refractivity contribution in [2.24, 2.45) is 0 Å². The number of para-hydroxylation sites is 1. The van der Waals surface area contributed by atoms with Gasteiger partial charge in [0, 0.05) is 26.8 Å². The Hall–Kier alpha value is -2.64. The van der Waals surface area contributed by atoms with Gasteiger partial charge in [0.15, 0.2) is 0 Å². The summed E-state index contributed by atoms with van der Waals surface area (Å²) in [5.41, 5.74) is 3.76. The van der Waals surface area contributed by atoms with Crippen molar-refractivity contribution in [1.29, 1.82) is 0 Å². The zero-order valence-electron chi connectivity index (χ0n) is 18.7. The van der Waals surface area contributed by atoms with Gasteiger partial charge in [-0.3, -0.25) is 4.79 Å². The molecule has 0 spiro atoms. The minimum Gasteiger partial charge on any atom is -0.495 e. The van der Waals surface area contributed by atoms with E-state index in [0.29, 0.717) is 33.8 Å². The summed E-state index contributed by atoms with van der Waals surface area (Å²) in [6.45, 7) is 3.50. The molecule has 0 aliphatic heterocycles. The molecule has 1 heterocycles. The van der Waals surface area contributed by atoms with Crippen LogP contribution in [0.2, 0.25) is 5.02 Å². The van der Waals surface area contributed by atoms with Gasteiger partial charge in [0.25, 0.3) is 0 Å². The van der Waals surface area contributed by atoms with E-state index in [2.05, 4.69) is 72.4 Å². The second kappa shape index (κ2) is 11.0. The van der Waals surface area contributed by atoms with E-state index >= 15 is 0 Å². The fraction of sp³-hybridized carbons (Fsp3) is 0.0800. The highest BCUT2D eigenvalue weighted by atomic mass is 127. The van der Waals surface area contributed by atoms with Gasteiger partial charge in [-0.2, -0.15) is 0 Å². The number of nitrogens with zero attached hydrogens (tertiary/aromatic N) is 2. The molecule has 10 heteroatoms. The van der Waals surface area contributed by atoms with E-state index in [9.17, 15) is 4.79 Å². The highest BCUT2D eigenvalue weighted by Crippen LogP contribution is 2.44. The maximum atomic E-state index is 11.8. The fourth-order valence-corrected chi connectivity index (χ4v) is 5.52. The monoisotopic (exact) mass is 712 g/mol. The van der Waals surface area contributed by atoms with Crippen LogP contribution >= 0.6 is 56.8 Å². The Morgan fingerprint density at radius 2 is 1.89 bits per heavy atom. The zero-order chi connectivity index (χ0) is 25.1. The van der Waals surface area contributed by atoms with Crippen LogP contribution in [-0.2, 0) is 4.79 Å². The number of benzene rings is 3. The molecule has 4 aromatic rings. The number of aromatic nitrogens is 2. The van der Waals surface area contributed by atoms with Crippen LogP contribution < -0.4 is 20.1 Å². The Balaban J connectivity index is 1.72. The number of anilines is 3. The van der Waals surface area contributed by atoms with Gasteiger partial charge in [-0.05, 0) is 81.1 Å². The zero-order valence-corrected chi connectivity index (χ0v) is 23.7. The number of carbonyl (C=O) groups excluding carboxylic acids is 1. The van der Waals surface area contributed by atoms with Gasteiger partial charge in [-0.25, -0.2) is 9.97 Å². The Morgan fingerprint density at radius 3 is 2.60 bits per heavy atom. The molecule has 0 unspecified atom stereocenters. The van der Waals surface area contributed by atoms with Crippen LogP contribution in [0.1, 0.15) is 0 Å². The Labute approximate surface area is 234 Å². The van der Waals surface area contributed by atoms with Crippen molar-refractivity contribution in [2.45, 2.75) is 0 Å². The molecule has 0 saturated heterocycles. The molecule has 0 bridgehead atoms. The summed E-state index contributed by atoms with van der Waals surface area (Å²) < 4.78 is 12.7. The van der Waals surface area contributed by atoms with Crippen molar-refractivity contribution in [3.63, 3.8) is 0 Å². The average molecular weight is 713 g/mol. The third-order valence-electron chi connectivity index (χ3n) is 5.14. The van der Waals surface area contributed by atoms with Crippen LogP contribution in [0.3, 0.4) is 0 Å². The summed E-state index contributed by atoms with van der Waals surface area (Å²) in [6.07, 6.45) is 2.96. The SMILES string of the molecule is C=CC(=O)Nc1cccc(I)c1Nc1ncc2cc(-c3c(Cl)c(OC)cc(OC)c3I)ccc2n1. The molecule has 0 atom stereocenters. The number of carbonyl (C=O) groups is 1. The van der Waals surface area contributed by atoms with Crippen LogP contribution in [0.5, 0.6) is 11.5 Å². The maximum Gasteiger partial charge on any atom is 0.247 e. The van der Waals surface area contributed by atoms with E-state index in [1.807, 2.05) is 30.3 Å². The Morgan fingerprint density at radius 1 is 1.11 bits per heavy atom. The molecule has 1 amide bonds. The molecular formula is C25H19ClI2N4O3. The smallest absolute Gasteiger partial charge is 0.247 e. The van der Waals surface area contributed by atoms with E-state index < -0.39 is 0 Å². The van der Waals surface area contributed by atoms with E-state index in [-0.39, 0.29) is 5.91 Å². The third kappa shape index (κ3) is 5.31. The molecule has 1 aromatic heterocycles. The van der Waals surface area contributed by atoms with Crippen molar-refractivity contribution >= 4 is 90.9 Å². The number of hydrogen-bond acceptors (Lipinski definition) is 6. The summed E-state index contributed by atoms with van der Waals surface area (Å²) in [5, 5.41) is 7.36. The molecule has 4 rings (SSSR count). The second-order valence-corrected chi connectivity index (χ2v) is 9.85. The van der Waals surface area contributed by atoms with Crippen molar-refractivity contribution in [3.8, 4) is 22.6 Å². The largest absolute Gasteiger partial charge is 0.495 e. The van der Waals surface area contributed by atoms with E-state index in [1.54, 1.807) is 32.5 Å². The molecule has 0 aliphatic rings. The number of nitrogens with one attached hydrogen (secondary N) is 2. The van der Waals surface area contributed by atoms with Gasteiger partial charge in [-0.15, -0.1) is 0 Å². The van der Waals surface area contributed by atoms with Crippen LogP contribution in [0.25, 0.3) is 22.0 Å². The Bertz CT molecular complexity index is 1430. The lowest BCUT2D eigenvalue weighted by atomic mass is 10.0. The Kier molecular flexibility index (Phi) is 7.97. The predicted octanol–water partition coefficient (Wildman–Crippen LogP) is 7.04. The van der Waals surface area contributed by atoms with Gasteiger partial charge in [-0.1, -0.05) is 30.3 Å². The minimum atomic E-state index is -0.301. The lowest BCUT2D eigenvalue weighted by molar-refractivity contribution is -0.111. The first-order valence-corrected chi connectivity index (χ1v) is 12.8. The highest BCUT2D eigenvalue weighted by Gasteiger charge is 2.19. The minimum absolute atomic E-state index is 0.301. The molecular weight excluding hydrogens is 694 g/mol. The molecule has 3 aromatic carbocycles. The van der Waals surface area contributed by atoms with Crippen molar-refractivity contribution < 1.29 is 14.3 Å². The average Bonchev–Trinajstić information content (AvgIpc) is 2.86. The molecule has 0 aliphatic carbocycles. The summed E-state index contributed by atoms with van der Waals surface area (Å²) in [4.78, 5) is 21.0. The van der Waals surface area contributed by atoms with Crippen LogP contribution in [-0.4, -0.2) is 30.1 Å². The standard InChI is InChI=1S/C25H19ClI2N4O3/c1-4-20(33)30-17-7-5-6-15(27)24(17)32-25-29-12-14-10-13(8-9-16(14)31-25)21-22(26)18(34-2)11-19(35-3)23(21)28/h4-12H,1H2,2-3H3,(H,30,33)(H,29,31,32). The van der Waals surface area contributed by atoms with Gasteiger partial charge < -0.3 is 20.1 Å². The van der Waals surface area contributed by atoms with Crippen molar-refractivity contribution in [3.05, 3.63) is 73.5 Å². The molecule has 35 heavy (non-hydrogen) atoms. The third-order valence-corrected chi connectivity index (χ3v) is 7.48. The molecule has 0 saturated carbocycles. The van der Waals surface area contributed by atoms with Crippen LogP contribution in [0.15, 0.2) is 61.3 Å². The number of rotatable bonds is 7. The van der Waals surface area contributed by atoms with Crippen molar-refractivity contribution in [1.82, 2.24) is 9.97 Å². The summed E-state index contributed by atoms with van der Waals surface area (Å²) in [6, 6.07) is 13.2. The molecule has 7 nitrogen and oxygen atoms in total. The highest BCUT2D eigenvalue weighted by molar-refractivity contribution is 14.1. The first-order chi connectivity index (χ1) is 16.9. The first-order valence-electron chi connectivity index (χ1n) is 10.2. The van der Waals surface area contributed by atoms with E-state index in [1.165, 1.54) is 6.08 Å². The first kappa shape index (κ1) is 25.5. The number of ether oxygens (including phenoxy) is 2. The number of amides is 1. The van der Waals surface area contributed by atoms with Crippen LogP contribution in [0.4, 0.5) is 17.3 Å². The van der Waals surface area contributed by atoms with E-state index in [0.717, 1.165) is 29.2 Å². The second-order valence-electron chi connectivity index (χ2n) is 7.23. The number of hydrogen-bond donors (Lipinski definition) is 2. The quantitative estimate of drug-likeness (QED) is 0.158. The van der Waals surface area contributed by atoms with Gasteiger partial charge in [0.05, 0.1) is 39.7 Å². The van der Waals surface area contributed by atoms with E-state index in [4.69, 9.17) is 21.1 Å². The summed E-state index contributed by atoms with van der Waals surface area (Å²) >= 11 is 11.1. The van der Waals surface area contributed by atoms with Gasteiger partial charge >= 0.3 is 0 Å². The molecule has 2 N–H and O–H groups in total. The lowest BCUT2D eigenvalue weighted by Crippen LogP contribution is -2.10. The van der Waals surface area contributed by atoms with Crippen molar-refractivity contribution in [2.75, 3.05) is 24.9 Å². The predicted molar refractivity (Wildman–Crippen MR) is 157 cm³/mol. The summed E-state index contributed by atoms with van der Waals surface area (Å²) in [5.74, 6) is 1.31. The number of fused-ring (bicyclic) bond motifs is 1. The summed E-state index contributed by atoms with van der Waals surface area (Å²) in [7, 11) is 3.18. The molecule has 0 radical (unpaired) electrons. The molecule has 0 fully saturated rings. The topological polar surface area (TPSA) is 85.4 Å². The normalized spacial score (nSPS) is 10.7. The van der Waals surface area contributed by atoms with Gasteiger partial charge in [0.1, 0.15) is 11.5 Å². The maximum absolute atomic E-state index is 11.8. The van der Waals surface area contributed by atoms with Crippen LogP contribution in [0, 0.1) is 7.14 Å². The van der Waals surface area contributed by atoms with Gasteiger partial charge in [0.2, 0.25) is 11.9 Å². The fourth-order valence-electron chi connectivity index (χ4n) is 3.44.